The van der Waals surface area contributed by atoms with Crippen LogP contribution in [0.3, 0.4) is 0 Å². The van der Waals surface area contributed by atoms with Crippen molar-refractivity contribution in [3.8, 4) is 28.0 Å². The van der Waals surface area contributed by atoms with Crippen molar-refractivity contribution in [2.75, 3.05) is 18.5 Å². The highest BCUT2D eigenvalue weighted by Crippen LogP contribution is 2.33. The van der Waals surface area contributed by atoms with E-state index in [-0.39, 0.29) is 5.57 Å². The Hall–Kier alpha value is -3.56. The molecule has 5 nitrogen and oxygen atoms in total. The fourth-order valence-corrected chi connectivity index (χ4v) is 3.76. The first kappa shape index (κ1) is 17.8. The maximum absolute atomic E-state index is 12.5. The molecular formula is C22H16N2O3S. The predicted molar refractivity (Wildman–Crippen MR) is 109 cm³/mol. The summed E-state index contributed by atoms with van der Waals surface area (Å²) in [5.41, 5.74) is 1.69. The first-order chi connectivity index (χ1) is 13.7. The Morgan fingerprint density at radius 1 is 1.04 bits per heavy atom. The van der Waals surface area contributed by atoms with Crippen LogP contribution in [0.5, 0.6) is 11.5 Å². The van der Waals surface area contributed by atoms with Crippen LogP contribution in [0.15, 0.2) is 66.2 Å². The summed E-state index contributed by atoms with van der Waals surface area (Å²) >= 11 is 1.53. The molecule has 0 saturated heterocycles. The van der Waals surface area contributed by atoms with E-state index in [2.05, 4.69) is 5.32 Å². The summed E-state index contributed by atoms with van der Waals surface area (Å²) in [7, 11) is 0. The number of fused-ring (bicyclic) bond motifs is 1. The van der Waals surface area contributed by atoms with E-state index in [1.54, 1.807) is 24.3 Å². The van der Waals surface area contributed by atoms with Gasteiger partial charge in [0.05, 0.1) is 0 Å². The molecular weight excluding hydrogens is 372 g/mol. The van der Waals surface area contributed by atoms with E-state index in [1.807, 2.05) is 48.5 Å². The lowest BCUT2D eigenvalue weighted by atomic mass is 10.2. The van der Waals surface area contributed by atoms with Crippen LogP contribution in [0.4, 0.5) is 5.69 Å². The lowest BCUT2D eigenvalue weighted by molar-refractivity contribution is -0.112. The summed E-state index contributed by atoms with van der Waals surface area (Å²) < 4.78 is 11.0. The van der Waals surface area contributed by atoms with Crippen molar-refractivity contribution in [1.82, 2.24) is 0 Å². The molecule has 4 rings (SSSR count). The molecule has 1 aliphatic rings. The molecule has 138 valence electrons. The molecule has 2 heterocycles. The molecule has 28 heavy (non-hydrogen) atoms. The maximum Gasteiger partial charge on any atom is 0.266 e. The van der Waals surface area contributed by atoms with Crippen LogP contribution in [-0.2, 0) is 4.79 Å². The molecule has 1 aromatic heterocycles. The molecule has 2 aromatic carbocycles. The number of nitrogens with one attached hydrogen (secondary N) is 1. The highest BCUT2D eigenvalue weighted by Gasteiger charge is 2.15. The van der Waals surface area contributed by atoms with Crippen LogP contribution in [0.2, 0.25) is 0 Å². The zero-order chi connectivity index (χ0) is 19.3. The summed E-state index contributed by atoms with van der Waals surface area (Å²) in [4.78, 5) is 14.4. The van der Waals surface area contributed by atoms with E-state index in [0.717, 1.165) is 15.3 Å². The Balaban J connectivity index is 1.51. The van der Waals surface area contributed by atoms with Gasteiger partial charge in [-0.15, -0.1) is 11.3 Å². The molecule has 1 amide bonds. The van der Waals surface area contributed by atoms with Crippen molar-refractivity contribution >= 4 is 29.0 Å². The van der Waals surface area contributed by atoms with Gasteiger partial charge in [-0.1, -0.05) is 30.3 Å². The van der Waals surface area contributed by atoms with Crippen LogP contribution >= 0.6 is 11.3 Å². The number of carbonyl (C=O) groups is 1. The lowest BCUT2D eigenvalue weighted by Crippen LogP contribution is -2.17. The number of carbonyl (C=O) groups excluding carboxylic acids is 1. The van der Waals surface area contributed by atoms with Gasteiger partial charge in [-0.2, -0.15) is 5.26 Å². The molecule has 0 aliphatic carbocycles. The smallest absolute Gasteiger partial charge is 0.266 e. The topological polar surface area (TPSA) is 71.4 Å². The normalized spacial score (nSPS) is 12.9. The monoisotopic (exact) mass is 388 g/mol. The zero-order valence-corrected chi connectivity index (χ0v) is 15.7. The number of nitrogens with zero attached hydrogens (tertiary/aromatic N) is 1. The number of amides is 1. The molecule has 0 bridgehead atoms. The minimum atomic E-state index is -0.464. The highest BCUT2D eigenvalue weighted by atomic mass is 32.1. The average Bonchev–Trinajstić information content (AvgIpc) is 3.21. The van der Waals surface area contributed by atoms with Gasteiger partial charge in [-0.25, -0.2) is 0 Å². The number of hydrogen-bond donors (Lipinski definition) is 1. The van der Waals surface area contributed by atoms with Crippen molar-refractivity contribution < 1.29 is 14.3 Å². The van der Waals surface area contributed by atoms with Crippen LogP contribution < -0.4 is 14.8 Å². The number of nitriles is 1. The summed E-state index contributed by atoms with van der Waals surface area (Å²) in [6, 6.07) is 21.0. The number of ether oxygens (including phenoxy) is 2. The Kier molecular flexibility index (Phi) is 5.09. The van der Waals surface area contributed by atoms with Gasteiger partial charge in [-0.05, 0) is 35.9 Å². The molecule has 0 unspecified atom stereocenters. The molecule has 0 atom stereocenters. The third-order valence-electron chi connectivity index (χ3n) is 4.14. The van der Waals surface area contributed by atoms with Crippen LogP contribution in [0.25, 0.3) is 16.5 Å². The predicted octanol–water partition coefficient (Wildman–Crippen LogP) is 4.73. The number of benzene rings is 2. The van der Waals surface area contributed by atoms with Crippen molar-refractivity contribution in [3.63, 3.8) is 0 Å². The van der Waals surface area contributed by atoms with Gasteiger partial charge in [0.2, 0.25) is 0 Å². The molecule has 3 aromatic rings. The molecule has 6 heteroatoms. The highest BCUT2D eigenvalue weighted by molar-refractivity contribution is 7.16. The summed E-state index contributed by atoms with van der Waals surface area (Å²) in [6.07, 6.45) is 1.60. The van der Waals surface area contributed by atoms with E-state index in [4.69, 9.17) is 9.47 Å². The summed E-state index contributed by atoms with van der Waals surface area (Å²) in [6.45, 7) is 0.974. The van der Waals surface area contributed by atoms with Gasteiger partial charge >= 0.3 is 0 Å². The van der Waals surface area contributed by atoms with E-state index < -0.39 is 5.91 Å². The Bertz CT molecular complexity index is 1080. The van der Waals surface area contributed by atoms with Gasteiger partial charge in [0.15, 0.2) is 11.5 Å². The molecule has 1 N–H and O–H groups in total. The van der Waals surface area contributed by atoms with Crippen molar-refractivity contribution in [2.45, 2.75) is 0 Å². The largest absolute Gasteiger partial charge is 0.486 e. The minimum absolute atomic E-state index is 0.0383. The van der Waals surface area contributed by atoms with Crippen molar-refractivity contribution in [2.24, 2.45) is 0 Å². The molecule has 0 saturated carbocycles. The Morgan fingerprint density at radius 2 is 1.82 bits per heavy atom. The first-order valence-corrected chi connectivity index (χ1v) is 9.52. The van der Waals surface area contributed by atoms with E-state index in [9.17, 15) is 10.1 Å². The fraction of sp³-hybridized carbons (Fsp3) is 0.0909. The fourth-order valence-electron chi connectivity index (χ4n) is 2.80. The van der Waals surface area contributed by atoms with Crippen LogP contribution in [-0.4, -0.2) is 19.1 Å². The SMILES string of the molecule is N#C/C(=C\c1ccc(-c2ccccc2)s1)C(=O)Nc1ccc2c(c1)OCCO2. The van der Waals surface area contributed by atoms with Crippen LogP contribution in [0, 0.1) is 11.3 Å². The van der Waals surface area contributed by atoms with E-state index >= 15 is 0 Å². The standard InChI is InChI=1S/C22H16N2O3S/c23-14-16(12-18-7-9-21(28-18)15-4-2-1-3-5-15)22(25)24-17-6-8-19-20(13-17)27-11-10-26-19/h1-9,12-13H,10-11H2,(H,24,25)/b16-12+. The van der Waals surface area contributed by atoms with Crippen molar-refractivity contribution in [1.29, 1.82) is 5.26 Å². The maximum atomic E-state index is 12.5. The second-order valence-electron chi connectivity index (χ2n) is 6.05. The number of thiophene rings is 1. The second kappa shape index (κ2) is 7.99. The quantitative estimate of drug-likeness (QED) is 0.518. The third-order valence-corrected chi connectivity index (χ3v) is 5.22. The summed E-state index contributed by atoms with van der Waals surface area (Å²) in [5, 5.41) is 12.2. The van der Waals surface area contributed by atoms with Gasteiger partial charge < -0.3 is 14.8 Å². The van der Waals surface area contributed by atoms with Gasteiger partial charge in [0.25, 0.3) is 5.91 Å². The molecule has 0 radical (unpaired) electrons. The van der Waals surface area contributed by atoms with Gasteiger partial charge in [0.1, 0.15) is 24.9 Å². The number of rotatable bonds is 4. The van der Waals surface area contributed by atoms with Gasteiger partial charge in [-0.3, -0.25) is 4.79 Å². The Labute approximate surface area is 166 Å². The molecule has 1 aliphatic heterocycles. The first-order valence-electron chi connectivity index (χ1n) is 8.71. The zero-order valence-electron chi connectivity index (χ0n) is 14.8. The van der Waals surface area contributed by atoms with E-state index in [0.29, 0.717) is 30.4 Å². The second-order valence-corrected chi connectivity index (χ2v) is 7.17. The molecule has 0 spiro atoms. The Morgan fingerprint density at radius 3 is 2.61 bits per heavy atom. The third kappa shape index (κ3) is 3.90. The molecule has 0 fully saturated rings. The number of hydrogen-bond acceptors (Lipinski definition) is 5. The minimum Gasteiger partial charge on any atom is -0.486 e. The lowest BCUT2D eigenvalue weighted by Gasteiger charge is -2.18. The van der Waals surface area contributed by atoms with Crippen molar-refractivity contribution in [3.05, 3.63) is 71.1 Å². The van der Waals surface area contributed by atoms with Gasteiger partial charge in [0, 0.05) is 21.5 Å². The summed E-state index contributed by atoms with van der Waals surface area (Å²) in [5.74, 6) is 0.762. The van der Waals surface area contributed by atoms with E-state index in [1.165, 1.54) is 11.3 Å². The number of anilines is 1. The van der Waals surface area contributed by atoms with Crippen LogP contribution in [0.1, 0.15) is 4.88 Å². The average molecular weight is 388 g/mol.